The fraction of sp³-hybridized carbons (Fsp3) is 0.500. The minimum absolute atomic E-state index is 0.0169. The third kappa shape index (κ3) is 2.92. The predicted octanol–water partition coefficient (Wildman–Crippen LogP) is 2.51. The third-order valence-corrected chi connectivity index (χ3v) is 3.90. The minimum Gasteiger partial charge on any atom is -0.461 e. The van der Waals surface area contributed by atoms with E-state index >= 15 is 0 Å². The normalized spacial score (nSPS) is 15.7. The summed E-state index contributed by atoms with van der Waals surface area (Å²) in [4.78, 5) is 12.4. The van der Waals surface area contributed by atoms with Crippen LogP contribution in [0.15, 0.2) is 33.4 Å². The first-order chi connectivity index (χ1) is 10.8. The molecule has 0 atom stereocenters. The average molecular weight is 304 g/mol. The van der Waals surface area contributed by atoms with Gasteiger partial charge in [-0.25, -0.2) is 0 Å². The maximum Gasteiger partial charge on any atom is 0.232 e. The van der Waals surface area contributed by atoms with Crippen LogP contribution < -0.4 is 5.32 Å². The van der Waals surface area contributed by atoms with E-state index in [1.165, 1.54) is 0 Å². The molecule has 0 unspecified atom stereocenters. The van der Waals surface area contributed by atoms with Crippen LogP contribution in [0.3, 0.4) is 0 Å². The number of hydrogen-bond donors (Lipinski definition) is 1. The lowest BCUT2D eigenvalue weighted by Gasteiger charge is -2.12. The highest BCUT2D eigenvalue weighted by Gasteiger charge is 2.53. The second kappa shape index (κ2) is 6.36. The first kappa shape index (κ1) is 14.8. The summed E-state index contributed by atoms with van der Waals surface area (Å²) in [5, 5.41) is 7.03. The molecule has 2 aromatic rings. The molecule has 1 N–H and O–H groups in total. The van der Waals surface area contributed by atoms with Crippen LogP contribution in [0.2, 0.25) is 0 Å². The van der Waals surface area contributed by atoms with E-state index in [0.29, 0.717) is 37.0 Å². The lowest BCUT2D eigenvalue weighted by atomic mass is 10.0. The zero-order valence-corrected chi connectivity index (χ0v) is 12.6. The number of nitrogens with one attached hydrogen (secondary N) is 1. The van der Waals surface area contributed by atoms with Gasteiger partial charge in [-0.1, -0.05) is 5.16 Å². The number of nitrogens with zero attached hydrogens (tertiary/aromatic N) is 1. The van der Waals surface area contributed by atoms with Gasteiger partial charge in [-0.3, -0.25) is 4.79 Å². The highest BCUT2D eigenvalue weighted by Crippen LogP contribution is 2.48. The topological polar surface area (TPSA) is 77.5 Å². The number of furan rings is 1. The van der Waals surface area contributed by atoms with Gasteiger partial charge in [0, 0.05) is 25.8 Å². The van der Waals surface area contributed by atoms with Gasteiger partial charge in [0.1, 0.15) is 0 Å². The first-order valence-electron chi connectivity index (χ1n) is 7.63. The van der Waals surface area contributed by atoms with Crippen LogP contribution in [0.5, 0.6) is 0 Å². The zero-order chi connectivity index (χ0) is 15.4. The summed E-state index contributed by atoms with van der Waals surface area (Å²) in [5.41, 5.74) is 0.154. The average Bonchev–Trinajstić information content (AvgIpc) is 2.96. The first-order valence-corrected chi connectivity index (χ1v) is 7.63. The van der Waals surface area contributed by atoms with Crippen molar-refractivity contribution in [3.05, 3.63) is 30.2 Å². The number of aromatic nitrogens is 1. The van der Waals surface area contributed by atoms with Crippen LogP contribution >= 0.6 is 0 Å². The molecule has 0 aliphatic heterocycles. The molecular weight excluding hydrogens is 284 g/mol. The Morgan fingerprint density at radius 3 is 3.00 bits per heavy atom. The van der Waals surface area contributed by atoms with E-state index in [4.69, 9.17) is 13.7 Å². The fourth-order valence-electron chi connectivity index (χ4n) is 2.45. The number of carbonyl (C=O) groups is 1. The van der Waals surface area contributed by atoms with Gasteiger partial charge in [-0.05, 0) is 38.3 Å². The van der Waals surface area contributed by atoms with E-state index in [-0.39, 0.29) is 5.91 Å². The zero-order valence-electron chi connectivity index (χ0n) is 12.6. The van der Waals surface area contributed by atoms with Crippen molar-refractivity contribution in [2.75, 3.05) is 19.8 Å². The van der Waals surface area contributed by atoms with Crippen molar-refractivity contribution in [1.82, 2.24) is 10.5 Å². The van der Waals surface area contributed by atoms with Crippen LogP contribution in [0.25, 0.3) is 11.5 Å². The summed E-state index contributed by atoms with van der Waals surface area (Å²) in [6.07, 6.45) is 3.99. The second-order valence-electron chi connectivity index (χ2n) is 5.44. The van der Waals surface area contributed by atoms with Gasteiger partial charge in [0.15, 0.2) is 5.76 Å². The maximum absolute atomic E-state index is 12.4. The van der Waals surface area contributed by atoms with E-state index in [1.807, 2.05) is 6.92 Å². The van der Waals surface area contributed by atoms with E-state index in [0.717, 1.165) is 19.3 Å². The van der Waals surface area contributed by atoms with Crippen molar-refractivity contribution in [1.29, 1.82) is 0 Å². The summed E-state index contributed by atoms with van der Waals surface area (Å²) in [6, 6.07) is 5.39. The molecule has 0 saturated heterocycles. The number of ether oxygens (including phenoxy) is 1. The summed E-state index contributed by atoms with van der Waals surface area (Å²) < 4.78 is 15.8. The van der Waals surface area contributed by atoms with Crippen molar-refractivity contribution in [2.45, 2.75) is 31.6 Å². The van der Waals surface area contributed by atoms with Crippen molar-refractivity contribution >= 4 is 5.91 Å². The lowest BCUT2D eigenvalue weighted by molar-refractivity contribution is -0.123. The molecule has 6 heteroatoms. The van der Waals surface area contributed by atoms with E-state index in [2.05, 4.69) is 10.5 Å². The second-order valence-corrected chi connectivity index (χ2v) is 5.44. The number of hydrogen-bond acceptors (Lipinski definition) is 5. The van der Waals surface area contributed by atoms with Crippen LogP contribution in [-0.2, 0) is 14.9 Å². The van der Waals surface area contributed by atoms with E-state index in [1.54, 1.807) is 24.5 Å². The SMILES string of the molecule is CCOCCCNC(=O)C1(c2cc(-c3ccco3)on2)CC1. The molecule has 0 bridgehead atoms. The van der Waals surface area contributed by atoms with E-state index in [9.17, 15) is 4.79 Å². The minimum atomic E-state index is -0.528. The molecule has 0 radical (unpaired) electrons. The highest BCUT2D eigenvalue weighted by atomic mass is 16.5. The molecule has 0 spiro atoms. The van der Waals surface area contributed by atoms with Crippen molar-refractivity contribution < 1.29 is 18.5 Å². The molecule has 118 valence electrons. The van der Waals surface area contributed by atoms with Gasteiger partial charge in [0.2, 0.25) is 11.7 Å². The van der Waals surface area contributed by atoms with E-state index < -0.39 is 5.41 Å². The predicted molar refractivity (Wildman–Crippen MR) is 79.2 cm³/mol. The molecule has 1 fully saturated rings. The number of amides is 1. The van der Waals surface area contributed by atoms with Gasteiger partial charge in [-0.15, -0.1) is 0 Å². The standard InChI is InChI=1S/C16H20N2O4/c1-2-20-9-4-8-17-15(19)16(6-7-16)14-11-13(22-18-14)12-5-3-10-21-12/h3,5,10-11H,2,4,6-9H2,1H3,(H,17,19). The molecular formula is C16H20N2O4. The lowest BCUT2D eigenvalue weighted by Crippen LogP contribution is -2.35. The van der Waals surface area contributed by atoms with Crippen LogP contribution in [-0.4, -0.2) is 30.8 Å². The molecule has 1 aliphatic carbocycles. The Balaban J connectivity index is 1.60. The molecule has 6 nitrogen and oxygen atoms in total. The van der Waals surface area contributed by atoms with Gasteiger partial charge in [-0.2, -0.15) is 0 Å². The summed E-state index contributed by atoms with van der Waals surface area (Å²) in [7, 11) is 0. The molecule has 1 amide bonds. The summed E-state index contributed by atoms with van der Waals surface area (Å²) in [6.45, 7) is 3.94. The Kier molecular flexibility index (Phi) is 4.29. The maximum atomic E-state index is 12.4. The molecule has 22 heavy (non-hydrogen) atoms. The quantitative estimate of drug-likeness (QED) is 0.758. The molecule has 0 aromatic carbocycles. The number of carbonyl (C=O) groups excluding carboxylic acids is 1. The Morgan fingerprint density at radius 2 is 2.32 bits per heavy atom. The Labute approximate surface area is 128 Å². The number of rotatable bonds is 8. The largest absolute Gasteiger partial charge is 0.461 e. The van der Waals surface area contributed by atoms with Gasteiger partial charge in [0.05, 0.1) is 17.4 Å². The Morgan fingerprint density at radius 1 is 1.45 bits per heavy atom. The molecule has 2 heterocycles. The fourth-order valence-corrected chi connectivity index (χ4v) is 2.45. The monoisotopic (exact) mass is 304 g/mol. The molecule has 2 aromatic heterocycles. The highest BCUT2D eigenvalue weighted by molar-refractivity contribution is 5.90. The van der Waals surface area contributed by atoms with Gasteiger partial charge >= 0.3 is 0 Å². The Bertz CT molecular complexity index is 614. The smallest absolute Gasteiger partial charge is 0.232 e. The Hall–Kier alpha value is -2.08. The van der Waals surface area contributed by atoms with Gasteiger partial charge in [0.25, 0.3) is 0 Å². The summed E-state index contributed by atoms with van der Waals surface area (Å²) in [5.74, 6) is 1.19. The van der Waals surface area contributed by atoms with Crippen LogP contribution in [0.1, 0.15) is 31.9 Å². The van der Waals surface area contributed by atoms with Crippen molar-refractivity contribution in [2.24, 2.45) is 0 Å². The van der Waals surface area contributed by atoms with Crippen LogP contribution in [0.4, 0.5) is 0 Å². The van der Waals surface area contributed by atoms with Gasteiger partial charge < -0.3 is 19.0 Å². The van der Waals surface area contributed by atoms with Crippen molar-refractivity contribution in [3.63, 3.8) is 0 Å². The summed E-state index contributed by atoms with van der Waals surface area (Å²) >= 11 is 0. The van der Waals surface area contributed by atoms with Crippen molar-refractivity contribution in [3.8, 4) is 11.5 Å². The third-order valence-electron chi connectivity index (χ3n) is 3.90. The molecule has 3 rings (SSSR count). The molecule has 1 saturated carbocycles. The molecule has 1 aliphatic rings. The van der Waals surface area contributed by atoms with Crippen LogP contribution in [0, 0.1) is 0 Å².